The van der Waals surface area contributed by atoms with Crippen LogP contribution in [0.25, 0.3) is 10.9 Å². The van der Waals surface area contributed by atoms with Crippen molar-refractivity contribution in [3.05, 3.63) is 47.7 Å². The first-order chi connectivity index (χ1) is 11.2. The molecule has 2 heterocycles. The minimum absolute atomic E-state index is 0.145. The lowest BCUT2D eigenvalue weighted by molar-refractivity contribution is 0.0948. The maximum atomic E-state index is 12.3. The van der Waals surface area contributed by atoms with Crippen LogP contribution in [0.5, 0.6) is 0 Å². The average Bonchev–Trinajstić information content (AvgIpc) is 3.21. The maximum absolute atomic E-state index is 12.3. The number of carbonyl (C=O) groups excluding carboxylic acids is 1. The molecule has 1 saturated carbocycles. The van der Waals surface area contributed by atoms with Crippen molar-refractivity contribution in [2.24, 2.45) is 0 Å². The smallest absolute Gasteiger partial charge is 0.272 e. The molecule has 0 spiro atoms. The number of hydrogen-bond donors (Lipinski definition) is 2. The van der Waals surface area contributed by atoms with Gasteiger partial charge in [0.25, 0.3) is 5.91 Å². The van der Waals surface area contributed by atoms with Gasteiger partial charge in [0.1, 0.15) is 5.82 Å². The van der Waals surface area contributed by atoms with Crippen LogP contribution in [0, 0.1) is 6.92 Å². The molecular formula is C17H19N5O. The molecule has 4 rings (SSSR count). The Morgan fingerprint density at radius 2 is 2.22 bits per heavy atom. The van der Waals surface area contributed by atoms with Gasteiger partial charge in [-0.2, -0.15) is 5.10 Å². The molecule has 0 saturated heterocycles. The summed E-state index contributed by atoms with van der Waals surface area (Å²) in [6.45, 7) is 3.37. The Balaban J connectivity index is 1.43. The molecule has 0 unspecified atom stereocenters. The first-order valence-corrected chi connectivity index (χ1v) is 7.97. The summed E-state index contributed by atoms with van der Waals surface area (Å²) < 4.78 is 2.21. The van der Waals surface area contributed by atoms with E-state index >= 15 is 0 Å². The molecule has 2 N–H and O–H groups in total. The van der Waals surface area contributed by atoms with E-state index in [1.54, 1.807) is 0 Å². The van der Waals surface area contributed by atoms with Crippen molar-refractivity contribution in [3.63, 3.8) is 0 Å². The molecule has 1 aliphatic carbocycles. The predicted molar refractivity (Wildman–Crippen MR) is 87.4 cm³/mol. The highest BCUT2D eigenvalue weighted by molar-refractivity contribution is 6.04. The molecule has 6 nitrogen and oxygen atoms in total. The fraction of sp³-hybridized carbons (Fsp3) is 0.353. The molecule has 0 atom stereocenters. The van der Waals surface area contributed by atoms with Gasteiger partial charge in [0, 0.05) is 36.3 Å². The molecule has 1 aliphatic rings. The van der Waals surface area contributed by atoms with Crippen LogP contribution in [0.4, 0.5) is 0 Å². The Morgan fingerprint density at radius 1 is 1.39 bits per heavy atom. The van der Waals surface area contributed by atoms with Gasteiger partial charge < -0.3 is 9.88 Å². The molecule has 1 fully saturated rings. The van der Waals surface area contributed by atoms with E-state index in [9.17, 15) is 4.79 Å². The van der Waals surface area contributed by atoms with Crippen LogP contribution in [-0.4, -0.2) is 32.2 Å². The summed E-state index contributed by atoms with van der Waals surface area (Å²) in [5.41, 5.74) is 2.47. The van der Waals surface area contributed by atoms with Gasteiger partial charge in [-0.15, -0.1) is 0 Å². The lowest BCUT2D eigenvalue weighted by Crippen LogP contribution is -2.28. The van der Waals surface area contributed by atoms with Gasteiger partial charge in [-0.3, -0.25) is 9.89 Å². The minimum Gasteiger partial charge on any atom is -0.349 e. The molecule has 0 bridgehead atoms. The summed E-state index contributed by atoms with van der Waals surface area (Å²) in [7, 11) is 0. The van der Waals surface area contributed by atoms with Crippen molar-refractivity contribution in [3.8, 4) is 0 Å². The number of nitrogens with one attached hydrogen (secondary N) is 2. The number of benzene rings is 1. The number of carbonyl (C=O) groups is 1. The largest absolute Gasteiger partial charge is 0.349 e. The van der Waals surface area contributed by atoms with Gasteiger partial charge in [-0.05, 0) is 25.8 Å². The van der Waals surface area contributed by atoms with Crippen molar-refractivity contribution in [1.82, 2.24) is 25.1 Å². The predicted octanol–water partition coefficient (Wildman–Crippen LogP) is 2.38. The van der Waals surface area contributed by atoms with E-state index in [1.807, 2.05) is 30.5 Å². The highest BCUT2D eigenvalue weighted by Crippen LogP contribution is 2.39. The van der Waals surface area contributed by atoms with Gasteiger partial charge >= 0.3 is 0 Å². The molecule has 118 valence electrons. The van der Waals surface area contributed by atoms with Crippen LogP contribution in [0.3, 0.4) is 0 Å². The second-order valence-electron chi connectivity index (χ2n) is 6.06. The zero-order valence-corrected chi connectivity index (χ0v) is 13.0. The van der Waals surface area contributed by atoms with E-state index in [0.717, 1.165) is 29.0 Å². The number of nitrogens with zero attached hydrogens (tertiary/aromatic N) is 3. The van der Waals surface area contributed by atoms with E-state index in [4.69, 9.17) is 0 Å². The monoisotopic (exact) mass is 309 g/mol. The molecule has 1 aromatic carbocycles. The minimum atomic E-state index is -0.145. The SMILES string of the molecule is Cc1cnc(C2CC2)n1CCNC(=O)c1n[nH]c2ccccc12. The molecular weight excluding hydrogens is 290 g/mol. The summed E-state index contributed by atoms with van der Waals surface area (Å²) in [5.74, 6) is 1.62. The number of imidazole rings is 1. The zero-order valence-electron chi connectivity index (χ0n) is 13.0. The Morgan fingerprint density at radius 3 is 3.04 bits per heavy atom. The van der Waals surface area contributed by atoms with E-state index in [0.29, 0.717) is 18.2 Å². The van der Waals surface area contributed by atoms with Crippen molar-refractivity contribution in [2.45, 2.75) is 32.2 Å². The number of amides is 1. The van der Waals surface area contributed by atoms with Crippen LogP contribution >= 0.6 is 0 Å². The van der Waals surface area contributed by atoms with Gasteiger partial charge in [0.2, 0.25) is 0 Å². The van der Waals surface area contributed by atoms with Crippen molar-refractivity contribution in [1.29, 1.82) is 0 Å². The number of H-pyrrole nitrogens is 1. The van der Waals surface area contributed by atoms with Crippen LogP contribution in [0.15, 0.2) is 30.5 Å². The second kappa shape index (κ2) is 5.53. The molecule has 23 heavy (non-hydrogen) atoms. The first-order valence-electron chi connectivity index (χ1n) is 7.97. The number of aromatic nitrogens is 4. The lowest BCUT2D eigenvalue weighted by Gasteiger charge is -2.10. The Hall–Kier alpha value is -2.63. The normalized spacial score (nSPS) is 14.3. The summed E-state index contributed by atoms with van der Waals surface area (Å²) >= 11 is 0. The van der Waals surface area contributed by atoms with Crippen molar-refractivity contribution >= 4 is 16.8 Å². The number of fused-ring (bicyclic) bond motifs is 1. The second-order valence-corrected chi connectivity index (χ2v) is 6.06. The van der Waals surface area contributed by atoms with Crippen LogP contribution < -0.4 is 5.32 Å². The molecule has 6 heteroatoms. The molecule has 0 aliphatic heterocycles. The van der Waals surface area contributed by atoms with E-state index in [1.165, 1.54) is 12.8 Å². The van der Waals surface area contributed by atoms with Crippen molar-refractivity contribution in [2.75, 3.05) is 6.54 Å². The Kier molecular flexibility index (Phi) is 3.37. The summed E-state index contributed by atoms with van der Waals surface area (Å²) in [4.78, 5) is 16.8. The average molecular weight is 309 g/mol. The van der Waals surface area contributed by atoms with Gasteiger partial charge in [-0.1, -0.05) is 18.2 Å². The van der Waals surface area contributed by atoms with Gasteiger partial charge in [0.15, 0.2) is 5.69 Å². The lowest BCUT2D eigenvalue weighted by atomic mass is 10.2. The third kappa shape index (κ3) is 2.60. The fourth-order valence-electron chi connectivity index (χ4n) is 2.94. The quantitative estimate of drug-likeness (QED) is 0.760. The molecule has 2 aromatic heterocycles. The fourth-order valence-corrected chi connectivity index (χ4v) is 2.94. The number of hydrogen-bond acceptors (Lipinski definition) is 3. The van der Waals surface area contributed by atoms with Crippen molar-refractivity contribution < 1.29 is 4.79 Å². The number of para-hydroxylation sites is 1. The number of rotatable bonds is 5. The van der Waals surface area contributed by atoms with Gasteiger partial charge in [-0.25, -0.2) is 4.98 Å². The highest BCUT2D eigenvalue weighted by Gasteiger charge is 2.28. The number of aromatic amines is 1. The molecule has 3 aromatic rings. The van der Waals surface area contributed by atoms with Gasteiger partial charge in [0.05, 0.1) is 5.52 Å². The number of aryl methyl sites for hydroxylation is 1. The standard InChI is InChI=1S/C17H19N5O/c1-11-10-19-16(12-6-7-12)22(11)9-8-18-17(23)15-13-4-2-3-5-14(13)20-21-15/h2-5,10,12H,6-9H2,1H3,(H,18,23)(H,20,21). The maximum Gasteiger partial charge on any atom is 0.272 e. The van der Waals surface area contributed by atoms with E-state index in [-0.39, 0.29) is 5.91 Å². The first kappa shape index (κ1) is 14.0. The van der Waals surface area contributed by atoms with Crippen LogP contribution in [0.1, 0.15) is 40.8 Å². The van der Waals surface area contributed by atoms with E-state index in [2.05, 4.69) is 32.0 Å². The third-order valence-electron chi connectivity index (χ3n) is 4.33. The highest BCUT2D eigenvalue weighted by atomic mass is 16.1. The molecule has 1 amide bonds. The third-order valence-corrected chi connectivity index (χ3v) is 4.33. The summed E-state index contributed by atoms with van der Waals surface area (Å²) in [6, 6.07) is 7.64. The van der Waals surface area contributed by atoms with Crippen LogP contribution in [0.2, 0.25) is 0 Å². The zero-order chi connectivity index (χ0) is 15.8. The molecule has 0 radical (unpaired) electrons. The van der Waals surface area contributed by atoms with Crippen LogP contribution in [-0.2, 0) is 6.54 Å². The Bertz CT molecular complexity index is 859. The topological polar surface area (TPSA) is 75.6 Å². The Labute approximate surface area is 133 Å². The summed E-state index contributed by atoms with van der Waals surface area (Å²) in [6.07, 6.45) is 4.36. The van der Waals surface area contributed by atoms with E-state index < -0.39 is 0 Å². The summed E-state index contributed by atoms with van der Waals surface area (Å²) in [5, 5.41) is 10.8.